The molecule has 1 atom stereocenters. The maximum Gasteiger partial charge on any atom is 0.277 e. The van der Waals surface area contributed by atoms with Crippen LogP contribution in [0.5, 0.6) is 0 Å². The molecule has 1 unspecified atom stereocenters. The second-order valence-corrected chi connectivity index (χ2v) is 9.52. The third kappa shape index (κ3) is 4.37. The largest absolute Gasteiger partial charge is 0.342 e. The molecule has 1 aliphatic carbocycles. The Kier molecular flexibility index (Phi) is 5.45. The van der Waals surface area contributed by atoms with Gasteiger partial charge >= 0.3 is 0 Å². The van der Waals surface area contributed by atoms with Crippen molar-refractivity contribution in [3.8, 4) is 0 Å². The predicted molar refractivity (Wildman–Crippen MR) is 96.2 cm³/mol. The molecule has 0 aromatic carbocycles. The highest BCUT2D eigenvalue weighted by molar-refractivity contribution is 7.87. The fourth-order valence-corrected chi connectivity index (χ4v) is 4.82. The summed E-state index contributed by atoms with van der Waals surface area (Å²) in [6.07, 6.45) is 4.96. The van der Waals surface area contributed by atoms with Crippen LogP contribution in [-0.4, -0.2) is 68.9 Å². The quantitative estimate of drug-likeness (QED) is 0.687. The number of thiazole rings is 1. The maximum atomic E-state index is 12.2. The van der Waals surface area contributed by atoms with E-state index in [0.29, 0.717) is 24.5 Å². The van der Waals surface area contributed by atoms with Gasteiger partial charge in [-0.3, -0.25) is 9.69 Å². The van der Waals surface area contributed by atoms with Gasteiger partial charge in [0.1, 0.15) is 5.01 Å². The van der Waals surface area contributed by atoms with Crippen molar-refractivity contribution in [2.24, 2.45) is 5.41 Å². The molecule has 1 aromatic heterocycles. The van der Waals surface area contributed by atoms with Gasteiger partial charge in [0, 0.05) is 37.8 Å². The van der Waals surface area contributed by atoms with Gasteiger partial charge in [0.25, 0.3) is 10.2 Å². The van der Waals surface area contributed by atoms with E-state index in [9.17, 15) is 13.2 Å². The van der Waals surface area contributed by atoms with Crippen LogP contribution >= 0.6 is 11.3 Å². The first-order valence-corrected chi connectivity index (χ1v) is 10.8. The van der Waals surface area contributed by atoms with Gasteiger partial charge in [-0.25, -0.2) is 9.71 Å². The van der Waals surface area contributed by atoms with Gasteiger partial charge in [0.05, 0.1) is 13.1 Å². The van der Waals surface area contributed by atoms with Gasteiger partial charge in [-0.15, -0.1) is 11.3 Å². The zero-order valence-electron chi connectivity index (χ0n) is 14.6. The zero-order chi connectivity index (χ0) is 18.1. The van der Waals surface area contributed by atoms with Gasteiger partial charge in [0.2, 0.25) is 5.91 Å². The Balaban J connectivity index is 1.45. The number of piperidine rings is 1. The first-order valence-electron chi connectivity index (χ1n) is 8.40. The third-order valence-corrected chi connectivity index (χ3v) is 7.17. The molecule has 2 aliphatic rings. The van der Waals surface area contributed by atoms with Crippen molar-refractivity contribution < 1.29 is 13.2 Å². The number of carbonyl (C=O) groups excluding carboxylic acids is 1. The van der Waals surface area contributed by atoms with Crippen molar-refractivity contribution in [2.45, 2.75) is 31.8 Å². The Morgan fingerprint density at radius 1 is 1.48 bits per heavy atom. The van der Waals surface area contributed by atoms with Crippen LogP contribution in [0.2, 0.25) is 0 Å². The van der Waals surface area contributed by atoms with E-state index in [1.165, 1.54) is 13.5 Å². The molecule has 1 saturated heterocycles. The first kappa shape index (κ1) is 18.7. The summed E-state index contributed by atoms with van der Waals surface area (Å²) in [5.41, 5.74) is 0.313. The molecule has 1 spiro atoms. The second-order valence-electron chi connectivity index (χ2n) is 6.83. The van der Waals surface area contributed by atoms with Crippen LogP contribution in [-0.2, 0) is 21.5 Å². The van der Waals surface area contributed by atoms with Crippen molar-refractivity contribution in [3.63, 3.8) is 0 Å². The van der Waals surface area contributed by atoms with Crippen LogP contribution in [0.1, 0.15) is 24.3 Å². The molecule has 0 radical (unpaired) electrons. The molecule has 2 heterocycles. The Hall–Kier alpha value is -1.07. The van der Waals surface area contributed by atoms with Crippen molar-refractivity contribution in [1.29, 1.82) is 0 Å². The number of hydrogen-bond donors (Lipinski definition) is 2. The number of amides is 1. The highest BCUT2D eigenvalue weighted by atomic mass is 32.2. The van der Waals surface area contributed by atoms with E-state index in [1.54, 1.807) is 16.2 Å². The molecule has 25 heavy (non-hydrogen) atoms. The monoisotopic (exact) mass is 387 g/mol. The molecule has 140 valence electrons. The van der Waals surface area contributed by atoms with E-state index in [2.05, 4.69) is 26.4 Å². The summed E-state index contributed by atoms with van der Waals surface area (Å²) in [4.78, 5) is 20.7. The highest BCUT2D eigenvalue weighted by Crippen LogP contribution is 2.56. The lowest BCUT2D eigenvalue weighted by atomic mass is 9.92. The number of nitrogens with zero attached hydrogens (tertiary/aromatic N) is 3. The molecule has 10 heteroatoms. The molecule has 1 aromatic rings. The summed E-state index contributed by atoms with van der Waals surface area (Å²) in [6.45, 7) is 2.07. The third-order valence-electron chi connectivity index (χ3n) is 5.34. The van der Waals surface area contributed by atoms with E-state index in [0.717, 1.165) is 24.4 Å². The predicted octanol–water partition coefficient (Wildman–Crippen LogP) is 0.00980. The minimum Gasteiger partial charge on any atom is -0.342 e. The fraction of sp³-hybridized carbons (Fsp3) is 0.733. The van der Waals surface area contributed by atoms with E-state index in [1.807, 2.05) is 11.6 Å². The van der Waals surface area contributed by atoms with Crippen LogP contribution < -0.4 is 9.44 Å². The van der Waals surface area contributed by atoms with Crippen molar-refractivity contribution in [1.82, 2.24) is 24.2 Å². The number of likely N-dealkylation sites (tertiary alicyclic amines) is 1. The van der Waals surface area contributed by atoms with Crippen molar-refractivity contribution in [3.05, 3.63) is 16.6 Å². The molecule has 1 saturated carbocycles. The number of aromatic nitrogens is 1. The highest BCUT2D eigenvalue weighted by Gasteiger charge is 2.56. The van der Waals surface area contributed by atoms with Gasteiger partial charge in [-0.05, 0) is 31.7 Å². The molecule has 2 fully saturated rings. The fourth-order valence-electron chi connectivity index (χ4n) is 3.68. The Bertz CT molecular complexity index is 699. The first-order chi connectivity index (χ1) is 11.9. The van der Waals surface area contributed by atoms with Gasteiger partial charge in [-0.2, -0.15) is 13.1 Å². The van der Waals surface area contributed by atoms with E-state index in [-0.39, 0.29) is 12.5 Å². The van der Waals surface area contributed by atoms with Crippen molar-refractivity contribution in [2.75, 3.05) is 33.7 Å². The SMILES string of the molecule is CNS(=O)(=O)NCC(=O)N1CCC2(CC1)CC2N(C)Cc1nccs1. The van der Waals surface area contributed by atoms with Crippen LogP contribution in [0.15, 0.2) is 11.6 Å². The van der Waals surface area contributed by atoms with Gasteiger partial charge in [-0.1, -0.05) is 0 Å². The Morgan fingerprint density at radius 2 is 2.20 bits per heavy atom. The molecular formula is C15H25N5O3S2. The minimum absolute atomic E-state index is 0.165. The minimum atomic E-state index is -3.57. The lowest BCUT2D eigenvalue weighted by Gasteiger charge is -2.34. The standard InChI is InChI=1S/C15H25N5O3S2/c1-16-25(22,23)18-10-14(21)20-6-3-15(4-7-20)9-12(15)19(2)11-13-17-5-8-24-13/h5,8,12,16,18H,3-4,6-7,9-11H2,1-2H3. The maximum absolute atomic E-state index is 12.2. The average molecular weight is 388 g/mol. The lowest BCUT2D eigenvalue weighted by molar-refractivity contribution is -0.131. The summed E-state index contributed by atoms with van der Waals surface area (Å²) >= 11 is 1.68. The number of carbonyl (C=O) groups is 1. The Labute approximate surface area is 152 Å². The van der Waals surface area contributed by atoms with E-state index in [4.69, 9.17) is 0 Å². The summed E-state index contributed by atoms with van der Waals surface area (Å²) < 4.78 is 27.1. The molecule has 3 rings (SSSR count). The molecule has 1 aliphatic heterocycles. The second kappa shape index (κ2) is 7.28. The lowest BCUT2D eigenvalue weighted by Crippen LogP contribution is -2.47. The van der Waals surface area contributed by atoms with Gasteiger partial charge < -0.3 is 4.90 Å². The van der Waals surface area contributed by atoms with E-state index >= 15 is 0 Å². The topological polar surface area (TPSA) is 94.6 Å². The van der Waals surface area contributed by atoms with Crippen LogP contribution in [0.25, 0.3) is 0 Å². The summed E-state index contributed by atoms with van der Waals surface area (Å²) in [5, 5.41) is 3.13. The van der Waals surface area contributed by atoms with Crippen molar-refractivity contribution >= 4 is 27.5 Å². The summed E-state index contributed by atoms with van der Waals surface area (Å²) in [5.74, 6) is -0.165. The van der Waals surface area contributed by atoms with E-state index < -0.39 is 10.2 Å². The van der Waals surface area contributed by atoms with Gasteiger partial charge in [0.15, 0.2) is 0 Å². The average Bonchev–Trinajstić information content (AvgIpc) is 3.04. The zero-order valence-corrected chi connectivity index (χ0v) is 16.2. The number of hydrogen-bond acceptors (Lipinski definition) is 6. The van der Waals surface area contributed by atoms with Crippen LogP contribution in [0.3, 0.4) is 0 Å². The smallest absolute Gasteiger partial charge is 0.277 e. The normalized spacial score (nSPS) is 22.5. The molecule has 8 nitrogen and oxygen atoms in total. The van der Waals surface area contributed by atoms with Crippen LogP contribution in [0, 0.1) is 5.41 Å². The number of nitrogens with one attached hydrogen (secondary N) is 2. The van der Waals surface area contributed by atoms with Crippen LogP contribution in [0.4, 0.5) is 0 Å². The molecule has 1 amide bonds. The Morgan fingerprint density at radius 3 is 2.80 bits per heavy atom. The molecular weight excluding hydrogens is 362 g/mol. The number of rotatable bonds is 7. The molecule has 2 N–H and O–H groups in total. The summed E-state index contributed by atoms with van der Waals surface area (Å²) in [6, 6.07) is 0.552. The molecule has 0 bridgehead atoms. The summed E-state index contributed by atoms with van der Waals surface area (Å²) in [7, 11) is -0.112.